The van der Waals surface area contributed by atoms with Crippen molar-refractivity contribution in [1.29, 1.82) is 0 Å². The van der Waals surface area contributed by atoms with Gasteiger partial charge in [-0.15, -0.1) is 0 Å². The highest BCUT2D eigenvalue weighted by Gasteiger charge is 2.28. The Hall–Kier alpha value is -1.79. The number of carbonyl (C=O) groups excluding carboxylic acids is 2. The van der Waals surface area contributed by atoms with Crippen LogP contribution in [0.3, 0.4) is 0 Å². The van der Waals surface area contributed by atoms with E-state index in [-0.39, 0.29) is 29.8 Å². The van der Waals surface area contributed by atoms with Gasteiger partial charge in [0.1, 0.15) is 6.54 Å². The first-order chi connectivity index (χ1) is 10.3. The standard InChI is InChI=1S/C15H29N5O2/c1-5-16-14(19-10-12(21)20-15(2,3)4)18-9-8-17-13(22)11-6-7-11/h11H,5-10H2,1-4H3,(H,17,22)(H,20,21)(H2,16,18,19). The fourth-order valence-corrected chi connectivity index (χ4v) is 1.81. The molecule has 0 radical (unpaired) electrons. The third kappa shape index (κ3) is 8.49. The van der Waals surface area contributed by atoms with Gasteiger partial charge >= 0.3 is 0 Å². The number of nitrogens with one attached hydrogen (secondary N) is 4. The van der Waals surface area contributed by atoms with E-state index in [1.54, 1.807) is 0 Å². The lowest BCUT2D eigenvalue weighted by atomic mass is 10.1. The lowest BCUT2D eigenvalue weighted by Gasteiger charge is -2.20. The van der Waals surface area contributed by atoms with Gasteiger partial charge in [0, 0.05) is 31.1 Å². The molecule has 2 amide bonds. The van der Waals surface area contributed by atoms with Crippen molar-refractivity contribution in [1.82, 2.24) is 21.3 Å². The number of carbonyl (C=O) groups is 2. The molecule has 1 aliphatic rings. The average Bonchev–Trinajstić information content (AvgIpc) is 3.22. The highest BCUT2D eigenvalue weighted by atomic mass is 16.2. The molecule has 7 heteroatoms. The van der Waals surface area contributed by atoms with Crippen LogP contribution in [0.5, 0.6) is 0 Å². The maximum atomic E-state index is 11.7. The molecule has 0 aliphatic heterocycles. The summed E-state index contributed by atoms with van der Waals surface area (Å²) in [6, 6.07) is 0. The molecular formula is C15H29N5O2. The Labute approximate surface area is 132 Å². The van der Waals surface area contributed by atoms with Crippen LogP contribution in [0, 0.1) is 5.92 Å². The number of nitrogens with zero attached hydrogens (tertiary/aromatic N) is 1. The molecule has 0 spiro atoms. The minimum atomic E-state index is -0.258. The molecule has 0 unspecified atom stereocenters. The van der Waals surface area contributed by atoms with E-state index in [9.17, 15) is 9.59 Å². The summed E-state index contributed by atoms with van der Waals surface area (Å²) in [6.45, 7) is 9.66. The lowest BCUT2D eigenvalue weighted by Crippen LogP contribution is -2.44. The predicted molar refractivity (Wildman–Crippen MR) is 87.6 cm³/mol. The van der Waals surface area contributed by atoms with Crippen molar-refractivity contribution in [2.45, 2.75) is 46.1 Å². The summed E-state index contributed by atoms with van der Waals surface area (Å²) >= 11 is 0. The normalized spacial score (nSPS) is 15.2. The van der Waals surface area contributed by atoms with Crippen LogP contribution in [0.15, 0.2) is 4.99 Å². The molecule has 7 nitrogen and oxygen atoms in total. The number of hydrogen-bond acceptors (Lipinski definition) is 3. The van der Waals surface area contributed by atoms with Crippen molar-refractivity contribution in [2.24, 2.45) is 10.9 Å². The van der Waals surface area contributed by atoms with E-state index < -0.39 is 0 Å². The largest absolute Gasteiger partial charge is 0.357 e. The van der Waals surface area contributed by atoms with Gasteiger partial charge in [-0.05, 0) is 40.5 Å². The summed E-state index contributed by atoms with van der Waals surface area (Å²) < 4.78 is 0. The highest BCUT2D eigenvalue weighted by Crippen LogP contribution is 2.28. The van der Waals surface area contributed by atoms with E-state index in [0.717, 1.165) is 12.8 Å². The zero-order valence-electron chi connectivity index (χ0n) is 14.1. The third-order valence-corrected chi connectivity index (χ3v) is 2.90. The van der Waals surface area contributed by atoms with Crippen molar-refractivity contribution in [3.8, 4) is 0 Å². The average molecular weight is 311 g/mol. The van der Waals surface area contributed by atoms with E-state index in [1.807, 2.05) is 27.7 Å². The van der Waals surface area contributed by atoms with Crippen LogP contribution in [-0.4, -0.2) is 49.5 Å². The Kier molecular flexibility index (Phi) is 7.14. The highest BCUT2D eigenvalue weighted by molar-refractivity contribution is 5.85. The fourth-order valence-electron chi connectivity index (χ4n) is 1.81. The number of rotatable bonds is 7. The molecule has 0 aromatic rings. The Balaban J connectivity index is 2.28. The van der Waals surface area contributed by atoms with Crippen molar-refractivity contribution >= 4 is 17.8 Å². The van der Waals surface area contributed by atoms with Gasteiger partial charge in [0.05, 0.1) is 0 Å². The monoisotopic (exact) mass is 311 g/mol. The summed E-state index contributed by atoms with van der Waals surface area (Å²) in [5.74, 6) is 0.815. The number of guanidine groups is 1. The molecule has 126 valence electrons. The second-order valence-corrected chi connectivity index (χ2v) is 6.49. The fraction of sp³-hybridized carbons (Fsp3) is 0.800. The molecule has 1 saturated carbocycles. The second-order valence-electron chi connectivity index (χ2n) is 6.49. The van der Waals surface area contributed by atoms with Gasteiger partial charge in [0.15, 0.2) is 5.96 Å². The van der Waals surface area contributed by atoms with Crippen LogP contribution in [-0.2, 0) is 9.59 Å². The molecule has 4 N–H and O–H groups in total. The maximum Gasteiger partial charge on any atom is 0.242 e. The van der Waals surface area contributed by atoms with E-state index in [4.69, 9.17) is 0 Å². The van der Waals surface area contributed by atoms with E-state index in [0.29, 0.717) is 25.6 Å². The molecule has 22 heavy (non-hydrogen) atoms. The van der Waals surface area contributed by atoms with Gasteiger partial charge in [-0.1, -0.05) is 0 Å². The first kappa shape index (κ1) is 18.3. The molecular weight excluding hydrogens is 282 g/mol. The molecule has 1 fully saturated rings. The van der Waals surface area contributed by atoms with Crippen LogP contribution >= 0.6 is 0 Å². The number of amides is 2. The predicted octanol–water partition coefficient (Wildman–Crippen LogP) is -0.0176. The van der Waals surface area contributed by atoms with Crippen molar-refractivity contribution in [3.63, 3.8) is 0 Å². The van der Waals surface area contributed by atoms with Crippen LogP contribution < -0.4 is 21.3 Å². The summed E-state index contributed by atoms with van der Waals surface area (Å²) in [7, 11) is 0. The van der Waals surface area contributed by atoms with Crippen molar-refractivity contribution < 1.29 is 9.59 Å². The maximum absolute atomic E-state index is 11.7. The molecule has 0 aromatic heterocycles. The van der Waals surface area contributed by atoms with Crippen LogP contribution in [0.2, 0.25) is 0 Å². The molecule has 0 aromatic carbocycles. The minimum absolute atomic E-state index is 0.0705. The molecule has 1 aliphatic carbocycles. The Bertz CT molecular complexity index is 411. The second kappa shape index (κ2) is 8.60. The zero-order chi connectivity index (χ0) is 16.6. The first-order valence-electron chi connectivity index (χ1n) is 7.92. The van der Waals surface area contributed by atoms with Crippen molar-refractivity contribution in [3.05, 3.63) is 0 Å². The smallest absolute Gasteiger partial charge is 0.242 e. The van der Waals surface area contributed by atoms with Crippen LogP contribution in [0.1, 0.15) is 40.5 Å². The molecule has 0 saturated heterocycles. The summed E-state index contributed by atoms with van der Waals surface area (Å²) in [5, 5.41) is 11.9. The molecule has 0 heterocycles. The molecule has 0 atom stereocenters. The van der Waals surface area contributed by atoms with Crippen LogP contribution in [0.4, 0.5) is 0 Å². The van der Waals surface area contributed by atoms with Crippen LogP contribution in [0.25, 0.3) is 0 Å². The quantitative estimate of drug-likeness (QED) is 0.302. The van der Waals surface area contributed by atoms with Crippen molar-refractivity contribution in [2.75, 3.05) is 26.2 Å². The first-order valence-corrected chi connectivity index (χ1v) is 7.92. The number of hydrogen-bond donors (Lipinski definition) is 4. The van der Waals surface area contributed by atoms with Gasteiger partial charge in [0.25, 0.3) is 0 Å². The minimum Gasteiger partial charge on any atom is -0.357 e. The zero-order valence-corrected chi connectivity index (χ0v) is 14.1. The topological polar surface area (TPSA) is 94.6 Å². The Morgan fingerprint density at radius 1 is 1.09 bits per heavy atom. The van der Waals surface area contributed by atoms with E-state index in [2.05, 4.69) is 26.3 Å². The molecule has 0 bridgehead atoms. The summed E-state index contributed by atoms with van der Waals surface area (Å²) in [6.07, 6.45) is 2.01. The van der Waals surface area contributed by atoms with Gasteiger partial charge in [-0.3, -0.25) is 9.59 Å². The molecule has 1 rings (SSSR count). The van der Waals surface area contributed by atoms with Gasteiger partial charge in [-0.25, -0.2) is 4.99 Å². The summed E-state index contributed by atoms with van der Waals surface area (Å²) in [5.41, 5.74) is -0.258. The Morgan fingerprint density at radius 2 is 1.73 bits per heavy atom. The van der Waals surface area contributed by atoms with E-state index in [1.165, 1.54) is 0 Å². The summed E-state index contributed by atoms with van der Waals surface area (Å²) in [4.78, 5) is 27.5. The number of aliphatic imine (C=N–C) groups is 1. The van der Waals surface area contributed by atoms with Gasteiger partial charge in [0.2, 0.25) is 11.8 Å². The van der Waals surface area contributed by atoms with E-state index >= 15 is 0 Å². The lowest BCUT2D eigenvalue weighted by molar-refractivity contribution is -0.122. The Morgan fingerprint density at radius 3 is 2.27 bits per heavy atom. The van der Waals surface area contributed by atoms with Gasteiger partial charge in [-0.2, -0.15) is 0 Å². The van der Waals surface area contributed by atoms with Gasteiger partial charge < -0.3 is 21.3 Å². The SMILES string of the molecule is CCNC(=NCC(=O)NC(C)(C)C)NCCNC(=O)C1CC1. The third-order valence-electron chi connectivity index (χ3n) is 2.90.